The lowest BCUT2D eigenvalue weighted by Gasteiger charge is -2.07. The number of aryl methyl sites for hydroxylation is 1. The average molecular weight is 302 g/mol. The quantitative estimate of drug-likeness (QED) is 0.548. The maximum Gasteiger partial charge on any atom is 0.263 e. The molecule has 3 N–H and O–H groups in total. The molecule has 1 aromatic heterocycles. The fourth-order valence-corrected chi connectivity index (χ4v) is 2.14. The Balaban J connectivity index is 0.000000188. The number of aromatic nitrogens is 2. The Kier molecular flexibility index (Phi) is 4.55. The van der Waals surface area contributed by atoms with Gasteiger partial charge in [0.15, 0.2) is 0 Å². The van der Waals surface area contributed by atoms with E-state index in [2.05, 4.69) is 10.3 Å². The molecule has 22 heavy (non-hydrogen) atoms. The molecule has 0 spiro atoms. The summed E-state index contributed by atoms with van der Waals surface area (Å²) >= 11 is 0. The minimum Gasteiger partial charge on any atom is -0.398 e. The van der Waals surface area contributed by atoms with Gasteiger partial charge in [0.2, 0.25) is 11.8 Å². The van der Waals surface area contributed by atoms with Crippen LogP contribution in [-0.4, -0.2) is 21.4 Å². The number of benzene rings is 1. The van der Waals surface area contributed by atoms with E-state index in [9.17, 15) is 14.4 Å². The van der Waals surface area contributed by atoms with Crippen LogP contribution in [0.4, 0.5) is 5.69 Å². The van der Waals surface area contributed by atoms with E-state index < -0.39 is 0 Å². The van der Waals surface area contributed by atoms with Gasteiger partial charge in [0.1, 0.15) is 5.82 Å². The molecule has 2 aromatic rings. The maximum absolute atomic E-state index is 11.8. The highest BCUT2D eigenvalue weighted by Gasteiger charge is 2.13. The van der Waals surface area contributed by atoms with Crippen LogP contribution in [0.25, 0.3) is 10.9 Å². The highest BCUT2D eigenvalue weighted by Crippen LogP contribution is 2.14. The molecule has 0 aliphatic carbocycles. The number of fused-ring (bicyclic) bond motifs is 1. The summed E-state index contributed by atoms with van der Waals surface area (Å²) in [5.74, 6) is 0.413. The topological polar surface area (TPSA) is 107 Å². The molecule has 7 nitrogen and oxygen atoms in total. The molecule has 0 unspecified atom stereocenters. The first-order valence-corrected chi connectivity index (χ1v) is 6.94. The SMILES string of the molecule is Cc1nc2cccc(N)c2c(=O)n1C.O=C1CCCC(=O)N1. The molecule has 2 amide bonds. The number of imide groups is 1. The second-order valence-corrected chi connectivity index (χ2v) is 5.09. The van der Waals surface area contributed by atoms with Crippen molar-refractivity contribution in [1.29, 1.82) is 0 Å². The number of rotatable bonds is 0. The molecular weight excluding hydrogens is 284 g/mol. The molecule has 116 valence electrons. The van der Waals surface area contributed by atoms with Crippen LogP contribution in [-0.2, 0) is 16.6 Å². The second kappa shape index (κ2) is 6.38. The van der Waals surface area contributed by atoms with E-state index in [1.165, 1.54) is 4.57 Å². The molecule has 2 heterocycles. The summed E-state index contributed by atoms with van der Waals surface area (Å²) < 4.78 is 1.50. The monoisotopic (exact) mass is 302 g/mol. The van der Waals surface area contributed by atoms with Crippen LogP contribution in [0.5, 0.6) is 0 Å². The van der Waals surface area contributed by atoms with Gasteiger partial charge < -0.3 is 5.73 Å². The third-order valence-electron chi connectivity index (χ3n) is 3.45. The third-order valence-corrected chi connectivity index (χ3v) is 3.45. The second-order valence-electron chi connectivity index (χ2n) is 5.09. The minimum absolute atomic E-state index is 0.0920. The normalized spacial score (nSPS) is 14.3. The van der Waals surface area contributed by atoms with Gasteiger partial charge in [0.25, 0.3) is 5.56 Å². The van der Waals surface area contributed by atoms with Gasteiger partial charge in [-0.25, -0.2) is 4.98 Å². The summed E-state index contributed by atoms with van der Waals surface area (Å²) in [7, 11) is 1.69. The number of carbonyl (C=O) groups excluding carboxylic acids is 2. The molecule has 3 rings (SSSR count). The van der Waals surface area contributed by atoms with Crippen molar-refractivity contribution in [1.82, 2.24) is 14.9 Å². The third kappa shape index (κ3) is 3.30. The van der Waals surface area contributed by atoms with Crippen LogP contribution >= 0.6 is 0 Å². The zero-order valence-corrected chi connectivity index (χ0v) is 12.5. The molecule has 0 bridgehead atoms. The number of hydrogen-bond donors (Lipinski definition) is 2. The minimum atomic E-state index is -0.138. The molecule has 1 fully saturated rings. The van der Waals surface area contributed by atoms with Crippen molar-refractivity contribution in [3.63, 3.8) is 0 Å². The van der Waals surface area contributed by atoms with Crippen molar-refractivity contribution >= 4 is 28.4 Å². The predicted molar refractivity (Wildman–Crippen MR) is 83.1 cm³/mol. The smallest absolute Gasteiger partial charge is 0.263 e. The van der Waals surface area contributed by atoms with E-state index in [-0.39, 0.29) is 17.4 Å². The summed E-state index contributed by atoms with van der Waals surface area (Å²) in [6.45, 7) is 1.80. The number of anilines is 1. The predicted octanol–water partition coefficient (Wildman–Crippen LogP) is 0.637. The molecule has 1 aromatic carbocycles. The molecule has 1 aliphatic rings. The molecule has 1 aliphatic heterocycles. The molecule has 0 saturated carbocycles. The number of nitrogens with zero attached hydrogens (tertiary/aromatic N) is 2. The Morgan fingerprint density at radius 3 is 2.36 bits per heavy atom. The summed E-state index contributed by atoms with van der Waals surface area (Å²) in [6.07, 6.45) is 1.72. The van der Waals surface area contributed by atoms with Crippen LogP contribution < -0.4 is 16.6 Å². The number of amides is 2. The standard InChI is InChI=1S/C10H11N3O.C5H7NO2/c1-6-12-8-5-3-4-7(11)9(8)10(14)13(6)2;7-4-2-1-3-5(8)6-4/h3-5H,11H2,1-2H3;1-3H2,(H,6,7,8). The van der Waals surface area contributed by atoms with Gasteiger partial charge in [-0.2, -0.15) is 0 Å². The van der Waals surface area contributed by atoms with Crippen molar-refractivity contribution in [3.8, 4) is 0 Å². The fraction of sp³-hybridized carbons (Fsp3) is 0.333. The van der Waals surface area contributed by atoms with Gasteiger partial charge in [-0.3, -0.25) is 24.3 Å². The number of hydrogen-bond acceptors (Lipinski definition) is 5. The van der Waals surface area contributed by atoms with Crippen LogP contribution in [0.15, 0.2) is 23.0 Å². The Morgan fingerprint density at radius 1 is 1.18 bits per heavy atom. The Labute approximate surface area is 127 Å². The number of nitrogens with two attached hydrogens (primary N) is 1. The van der Waals surface area contributed by atoms with Crippen molar-refractivity contribution in [2.24, 2.45) is 7.05 Å². The summed E-state index contributed by atoms with van der Waals surface area (Å²) in [6, 6.07) is 5.30. The maximum atomic E-state index is 11.8. The molecule has 0 radical (unpaired) electrons. The zero-order valence-electron chi connectivity index (χ0n) is 12.5. The summed E-state index contributed by atoms with van der Waals surface area (Å²) in [5.41, 5.74) is 6.77. The van der Waals surface area contributed by atoms with E-state index in [1.54, 1.807) is 32.2 Å². The van der Waals surface area contributed by atoms with Gasteiger partial charge in [0.05, 0.1) is 10.9 Å². The summed E-state index contributed by atoms with van der Waals surface area (Å²) in [4.78, 5) is 36.8. The van der Waals surface area contributed by atoms with Crippen molar-refractivity contribution < 1.29 is 9.59 Å². The van der Waals surface area contributed by atoms with E-state index in [1.807, 2.05) is 0 Å². The highest BCUT2D eigenvalue weighted by molar-refractivity contribution is 5.97. The van der Waals surface area contributed by atoms with Crippen molar-refractivity contribution in [3.05, 3.63) is 34.4 Å². The zero-order chi connectivity index (χ0) is 16.3. The number of carbonyl (C=O) groups is 2. The lowest BCUT2D eigenvalue weighted by atomic mass is 10.1. The molecule has 1 saturated heterocycles. The molecule has 0 atom stereocenters. The van der Waals surface area contributed by atoms with E-state index in [0.717, 1.165) is 0 Å². The lowest BCUT2D eigenvalue weighted by molar-refractivity contribution is -0.132. The van der Waals surface area contributed by atoms with Gasteiger partial charge in [-0.1, -0.05) is 6.07 Å². The number of piperidine rings is 1. The summed E-state index contributed by atoms with van der Waals surface area (Å²) in [5, 5.41) is 2.70. The molecular formula is C15H18N4O3. The first kappa shape index (κ1) is 15.7. The number of nitrogen functional groups attached to an aromatic ring is 1. The first-order valence-electron chi connectivity index (χ1n) is 6.94. The van der Waals surface area contributed by atoms with Gasteiger partial charge in [-0.05, 0) is 25.5 Å². The van der Waals surface area contributed by atoms with Crippen LogP contribution in [0.2, 0.25) is 0 Å². The highest BCUT2D eigenvalue weighted by atomic mass is 16.2. The number of nitrogens with one attached hydrogen (secondary N) is 1. The fourth-order valence-electron chi connectivity index (χ4n) is 2.14. The average Bonchev–Trinajstić information content (AvgIpc) is 2.45. The van der Waals surface area contributed by atoms with Crippen LogP contribution in [0.3, 0.4) is 0 Å². The van der Waals surface area contributed by atoms with Gasteiger partial charge in [0, 0.05) is 25.6 Å². The van der Waals surface area contributed by atoms with Gasteiger partial charge in [-0.15, -0.1) is 0 Å². The van der Waals surface area contributed by atoms with Crippen molar-refractivity contribution in [2.75, 3.05) is 5.73 Å². The Hall–Kier alpha value is -2.70. The van der Waals surface area contributed by atoms with Crippen molar-refractivity contribution in [2.45, 2.75) is 26.2 Å². The first-order chi connectivity index (χ1) is 10.4. The largest absolute Gasteiger partial charge is 0.398 e. The Morgan fingerprint density at radius 2 is 1.82 bits per heavy atom. The van der Waals surface area contributed by atoms with Crippen LogP contribution in [0.1, 0.15) is 25.1 Å². The van der Waals surface area contributed by atoms with E-state index >= 15 is 0 Å². The molecule has 7 heteroatoms. The lowest BCUT2D eigenvalue weighted by Crippen LogP contribution is -2.33. The van der Waals surface area contributed by atoms with Gasteiger partial charge >= 0.3 is 0 Å². The van der Waals surface area contributed by atoms with Crippen LogP contribution in [0, 0.1) is 6.92 Å². The Bertz CT molecular complexity index is 781. The van der Waals surface area contributed by atoms with E-state index in [0.29, 0.717) is 41.7 Å². The van der Waals surface area contributed by atoms with E-state index in [4.69, 9.17) is 5.73 Å².